The van der Waals surface area contributed by atoms with E-state index < -0.39 is 4.92 Å². The van der Waals surface area contributed by atoms with Crippen LogP contribution in [-0.4, -0.2) is 41.4 Å². The summed E-state index contributed by atoms with van der Waals surface area (Å²) in [6.07, 6.45) is 1.63. The quantitative estimate of drug-likeness (QED) is 0.438. The van der Waals surface area contributed by atoms with Crippen molar-refractivity contribution in [1.29, 1.82) is 0 Å². The van der Waals surface area contributed by atoms with Gasteiger partial charge in [-0.05, 0) is 35.9 Å². The summed E-state index contributed by atoms with van der Waals surface area (Å²) < 4.78 is 12.1. The molecule has 9 nitrogen and oxygen atoms in total. The molecule has 0 aliphatic heterocycles. The lowest BCUT2D eigenvalue weighted by Gasteiger charge is -2.26. The molecule has 0 spiro atoms. The van der Waals surface area contributed by atoms with E-state index >= 15 is 0 Å². The number of hydrogen-bond acceptors (Lipinski definition) is 6. The van der Waals surface area contributed by atoms with Crippen molar-refractivity contribution in [3.63, 3.8) is 0 Å². The third-order valence-electron chi connectivity index (χ3n) is 5.00. The van der Waals surface area contributed by atoms with Crippen molar-refractivity contribution in [3.8, 4) is 17.2 Å². The van der Waals surface area contributed by atoms with Crippen LogP contribution in [0.1, 0.15) is 29.9 Å². The Labute approximate surface area is 179 Å². The van der Waals surface area contributed by atoms with Gasteiger partial charge in [-0.1, -0.05) is 19.9 Å². The largest absolute Gasteiger partial charge is 0.493 e. The average molecular weight is 424 g/mol. The van der Waals surface area contributed by atoms with Crippen LogP contribution in [-0.2, 0) is 5.41 Å². The Balaban J connectivity index is 1.68. The van der Waals surface area contributed by atoms with Gasteiger partial charge in [0.25, 0.3) is 11.6 Å². The molecule has 0 bridgehead atoms. The first-order valence-corrected chi connectivity index (χ1v) is 9.56. The molecule has 162 valence electrons. The number of nitro groups is 1. The third-order valence-corrected chi connectivity index (χ3v) is 5.00. The number of non-ortho nitro benzene ring substituents is 1. The summed E-state index contributed by atoms with van der Waals surface area (Å²) >= 11 is 0. The lowest BCUT2D eigenvalue weighted by atomic mass is 9.84. The molecular formula is C22H24N4O5. The zero-order valence-electron chi connectivity index (χ0n) is 17.8. The molecule has 0 aliphatic carbocycles. The first-order valence-electron chi connectivity index (χ1n) is 9.56. The van der Waals surface area contributed by atoms with Gasteiger partial charge in [0.15, 0.2) is 17.2 Å². The second-order valence-corrected chi connectivity index (χ2v) is 7.56. The topological polar surface area (TPSA) is 109 Å². The molecule has 1 aromatic heterocycles. The molecule has 9 heteroatoms. The van der Waals surface area contributed by atoms with Crippen molar-refractivity contribution in [2.24, 2.45) is 0 Å². The Hall–Kier alpha value is -3.88. The van der Waals surface area contributed by atoms with Crippen LogP contribution in [0.2, 0.25) is 0 Å². The zero-order valence-corrected chi connectivity index (χ0v) is 17.8. The lowest BCUT2D eigenvalue weighted by Crippen LogP contribution is -2.36. The summed E-state index contributed by atoms with van der Waals surface area (Å²) in [5.41, 5.74) is 1.49. The van der Waals surface area contributed by atoms with Crippen LogP contribution in [0.4, 0.5) is 5.69 Å². The Morgan fingerprint density at radius 1 is 1.10 bits per heavy atom. The van der Waals surface area contributed by atoms with Crippen molar-refractivity contribution < 1.29 is 19.2 Å². The van der Waals surface area contributed by atoms with Crippen molar-refractivity contribution in [3.05, 3.63) is 76.1 Å². The van der Waals surface area contributed by atoms with E-state index in [0.29, 0.717) is 23.7 Å². The van der Waals surface area contributed by atoms with Gasteiger partial charge in [-0.3, -0.25) is 14.9 Å². The second kappa shape index (κ2) is 8.86. The van der Waals surface area contributed by atoms with Crippen LogP contribution in [0.5, 0.6) is 11.5 Å². The van der Waals surface area contributed by atoms with Gasteiger partial charge < -0.3 is 14.8 Å². The normalized spacial score (nSPS) is 11.1. The second-order valence-electron chi connectivity index (χ2n) is 7.56. The first kappa shape index (κ1) is 21.8. The van der Waals surface area contributed by atoms with Crippen molar-refractivity contribution in [2.45, 2.75) is 19.3 Å². The third kappa shape index (κ3) is 4.82. The maximum atomic E-state index is 12.6. The number of ether oxygens (including phenoxy) is 2. The zero-order chi connectivity index (χ0) is 22.6. The van der Waals surface area contributed by atoms with Crippen molar-refractivity contribution in [1.82, 2.24) is 15.1 Å². The summed E-state index contributed by atoms with van der Waals surface area (Å²) in [5.74, 6) is 0.957. The van der Waals surface area contributed by atoms with Crippen LogP contribution >= 0.6 is 0 Å². The van der Waals surface area contributed by atoms with Crippen molar-refractivity contribution in [2.75, 3.05) is 20.8 Å². The number of aromatic nitrogens is 2. The Morgan fingerprint density at radius 2 is 1.77 bits per heavy atom. The molecule has 0 atom stereocenters. The molecule has 0 aliphatic rings. The Kier molecular flexibility index (Phi) is 6.24. The highest BCUT2D eigenvalue weighted by atomic mass is 16.6. The van der Waals surface area contributed by atoms with Gasteiger partial charge in [0.2, 0.25) is 0 Å². The first-order chi connectivity index (χ1) is 14.7. The standard InChI is InChI=1S/C22H24N4O5/c1-22(2,15-5-10-19(30-3)20(13-15)31-4)14-23-21(27)18-11-12-25(24-18)16-6-8-17(9-7-16)26(28)29/h5-13H,14H2,1-4H3,(H,23,27). The van der Waals surface area contributed by atoms with Gasteiger partial charge in [-0.25, -0.2) is 4.68 Å². The van der Waals surface area contributed by atoms with E-state index in [1.807, 2.05) is 32.0 Å². The lowest BCUT2D eigenvalue weighted by molar-refractivity contribution is -0.384. The number of carbonyl (C=O) groups excluding carboxylic acids is 1. The molecule has 2 aromatic carbocycles. The SMILES string of the molecule is COc1ccc(C(C)(C)CNC(=O)c2ccn(-c3ccc([N+](=O)[O-])cc3)n2)cc1OC. The minimum absolute atomic E-state index is 0.00809. The van der Waals surface area contributed by atoms with E-state index in [1.165, 1.54) is 16.8 Å². The number of nitrogens with zero attached hydrogens (tertiary/aromatic N) is 3. The predicted octanol–water partition coefficient (Wildman–Crippen LogP) is 3.51. The van der Waals surface area contributed by atoms with Gasteiger partial charge in [0.05, 0.1) is 24.8 Å². The molecule has 31 heavy (non-hydrogen) atoms. The van der Waals surface area contributed by atoms with Crippen LogP contribution in [0.3, 0.4) is 0 Å². The van der Waals surface area contributed by atoms with Crippen molar-refractivity contribution >= 4 is 11.6 Å². The minimum atomic E-state index is -0.466. The molecule has 3 rings (SSSR count). The van der Waals surface area contributed by atoms with E-state index in [1.54, 1.807) is 38.6 Å². The molecule has 1 heterocycles. The van der Waals surface area contributed by atoms with E-state index in [9.17, 15) is 14.9 Å². The van der Waals surface area contributed by atoms with Gasteiger partial charge in [-0.15, -0.1) is 0 Å². The number of hydrogen-bond donors (Lipinski definition) is 1. The molecule has 3 aromatic rings. The molecule has 1 N–H and O–H groups in total. The summed E-state index contributed by atoms with van der Waals surface area (Å²) in [6, 6.07) is 13.2. The highest BCUT2D eigenvalue weighted by Gasteiger charge is 2.24. The van der Waals surface area contributed by atoms with Crippen LogP contribution in [0, 0.1) is 10.1 Å². The predicted molar refractivity (Wildman–Crippen MR) is 115 cm³/mol. The fraction of sp³-hybridized carbons (Fsp3) is 0.273. The fourth-order valence-corrected chi connectivity index (χ4v) is 3.07. The van der Waals surface area contributed by atoms with E-state index in [2.05, 4.69) is 10.4 Å². The van der Waals surface area contributed by atoms with Gasteiger partial charge >= 0.3 is 0 Å². The molecule has 0 fully saturated rings. The Bertz CT molecular complexity index is 1090. The number of nitro benzene ring substituents is 1. The number of benzene rings is 2. The molecule has 0 saturated heterocycles. The fourth-order valence-electron chi connectivity index (χ4n) is 3.07. The van der Waals surface area contributed by atoms with E-state index in [0.717, 1.165) is 5.56 Å². The highest BCUT2D eigenvalue weighted by molar-refractivity contribution is 5.92. The van der Waals surface area contributed by atoms with Gasteiger partial charge in [0, 0.05) is 30.3 Å². The Morgan fingerprint density at radius 3 is 2.39 bits per heavy atom. The molecule has 0 radical (unpaired) electrons. The molecular weight excluding hydrogens is 400 g/mol. The average Bonchev–Trinajstić information content (AvgIpc) is 3.27. The summed E-state index contributed by atoms with van der Waals surface area (Å²) in [4.78, 5) is 22.9. The molecule has 0 unspecified atom stereocenters. The molecule has 0 saturated carbocycles. The number of carbonyl (C=O) groups is 1. The van der Waals surface area contributed by atoms with Crippen LogP contribution in [0.15, 0.2) is 54.7 Å². The summed E-state index contributed by atoms with van der Waals surface area (Å²) in [5, 5.41) is 18.0. The number of rotatable bonds is 8. The smallest absolute Gasteiger partial charge is 0.271 e. The van der Waals surface area contributed by atoms with Crippen LogP contribution in [0.25, 0.3) is 5.69 Å². The highest BCUT2D eigenvalue weighted by Crippen LogP contribution is 2.32. The number of nitrogens with one attached hydrogen (secondary N) is 1. The summed E-state index contributed by atoms with van der Waals surface area (Å²) in [6.45, 7) is 4.42. The van der Waals surface area contributed by atoms with E-state index in [-0.39, 0.29) is 22.7 Å². The van der Waals surface area contributed by atoms with E-state index in [4.69, 9.17) is 9.47 Å². The maximum absolute atomic E-state index is 12.6. The summed E-state index contributed by atoms with van der Waals surface area (Å²) in [7, 11) is 3.16. The van der Waals surface area contributed by atoms with Gasteiger partial charge in [-0.2, -0.15) is 5.10 Å². The monoisotopic (exact) mass is 424 g/mol. The van der Waals surface area contributed by atoms with Crippen LogP contribution < -0.4 is 14.8 Å². The molecule has 1 amide bonds. The maximum Gasteiger partial charge on any atom is 0.271 e. The number of methoxy groups -OCH3 is 2. The number of amides is 1. The van der Waals surface area contributed by atoms with Gasteiger partial charge in [0.1, 0.15) is 0 Å². The minimum Gasteiger partial charge on any atom is -0.493 e.